The van der Waals surface area contributed by atoms with Gasteiger partial charge in [-0.3, -0.25) is 19.2 Å². The summed E-state index contributed by atoms with van der Waals surface area (Å²) in [5.41, 5.74) is 15.0. The Labute approximate surface area is 221 Å². The van der Waals surface area contributed by atoms with Crippen LogP contribution in [-0.4, -0.2) is 23.4 Å². The molecule has 0 spiro atoms. The molecule has 6 nitrogen and oxygen atoms in total. The Morgan fingerprint density at radius 2 is 0.789 bits per heavy atom. The van der Waals surface area contributed by atoms with Crippen molar-refractivity contribution in [2.24, 2.45) is 11.5 Å². The number of hydrogen-bond acceptors (Lipinski definition) is 4. The third-order valence-corrected chi connectivity index (χ3v) is 6.55. The smallest absolute Gasteiger partial charge is 0.249 e. The predicted molar refractivity (Wildman–Crippen MR) is 146 cm³/mol. The van der Waals surface area contributed by atoms with E-state index in [1.54, 1.807) is 84.9 Å². The molecule has 38 heavy (non-hydrogen) atoms. The van der Waals surface area contributed by atoms with E-state index in [-0.39, 0.29) is 11.6 Å². The Bertz CT molecular complexity index is 1380. The Kier molecular flexibility index (Phi) is 8.23. The van der Waals surface area contributed by atoms with Gasteiger partial charge in [-0.15, -0.1) is 0 Å². The lowest BCUT2D eigenvalue weighted by Crippen LogP contribution is -2.18. The highest BCUT2D eigenvalue weighted by atomic mass is 16.1. The van der Waals surface area contributed by atoms with E-state index in [0.717, 1.165) is 0 Å². The van der Waals surface area contributed by atoms with E-state index in [0.29, 0.717) is 70.2 Å². The van der Waals surface area contributed by atoms with Crippen LogP contribution < -0.4 is 11.5 Å². The summed E-state index contributed by atoms with van der Waals surface area (Å²) in [5, 5.41) is 0. The van der Waals surface area contributed by atoms with Crippen LogP contribution in [0.3, 0.4) is 0 Å². The number of carbonyl (C=O) groups is 4. The number of ketones is 2. The number of hydrogen-bond donors (Lipinski definition) is 2. The van der Waals surface area contributed by atoms with Crippen LogP contribution in [0.5, 0.6) is 0 Å². The van der Waals surface area contributed by atoms with Crippen molar-refractivity contribution >= 4 is 23.4 Å². The van der Waals surface area contributed by atoms with Crippen LogP contribution >= 0.6 is 0 Å². The summed E-state index contributed by atoms with van der Waals surface area (Å²) in [7, 11) is 0. The first kappa shape index (κ1) is 26.2. The molecule has 190 valence electrons. The molecule has 0 aliphatic heterocycles. The highest BCUT2D eigenvalue weighted by Gasteiger charge is 2.21. The molecule has 0 aliphatic carbocycles. The summed E-state index contributed by atoms with van der Waals surface area (Å²) in [5.74, 6) is -1.56. The van der Waals surface area contributed by atoms with Gasteiger partial charge in [-0.05, 0) is 48.9 Å². The van der Waals surface area contributed by atoms with Gasteiger partial charge in [0.05, 0.1) is 0 Å². The predicted octanol–water partition coefficient (Wildman–Crippen LogP) is 4.91. The number of nitrogens with two attached hydrogens (primary N) is 2. The fraction of sp³-hybridized carbons (Fsp3) is 0.125. The Morgan fingerprint density at radius 1 is 0.447 bits per heavy atom. The van der Waals surface area contributed by atoms with Crippen molar-refractivity contribution in [3.63, 3.8) is 0 Å². The zero-order chi connectivity index (χ0) is 27.1. The normalized spacial score (nSPS) is 10.6. The molecule has 4 N–H and O–H groups in total. The first-order chi connectivity index (χ1) is 18.4. The van der Waals surface area contributed by atoms with Crippen molar-refractivity contribution < 1.29 is 19.2 Å². The maximum absolute atomic E-state index is 13.2. The van der Waals surface area contributed by atoms with Gasteiger partial charge in [-0.25, -0.2) is 0 Å². The summed E-state index contributed by atoms with van der Waals surface area (Å²) >= 11 is 0. The third kappa shape index (κ3) is 5.76. The molecule has 0 radical (unpaired) electrons. The van der Waals surface area contributed by atoms with Crippen molar-refractivity contribution in [2.75, 3.05) is 0 Å². The van der Waals surface area contributed by atoms with E-state index in [4.69, 9.17) is 11.5 Å². The number of amides is 2. The molecule has 0 heterocycles. The molecule has 0 saturated heterocycles. The zero-order valence-corrected chi connectivity index (χ0v) is 20.9. The molecule has 6 heteroatoms. The number of unbranched alkanes of at least 4 members (excludes halogenated alkanes) is 1. The summed E-state index contributed by atoms with van der Waals surface area (Å²) in [6.07, 6.45) is 2.03. The minimum absolute atomic E-state index is 0.182. The Hall–Kier alpha value is -4.84. The molecule has 4 rings (SSSR count). The topological polar surface area (TPSA) is 120 Å². The van der Waals surface area contributed by atoms with Crippen LogP contribution in [0.1, 0.15) is 76.5 Å². The molecule has 0 atom stereocenters. The van der Waals surface area contributed by atoms with Crippen molar-refractivity contribution in [1.29, 1.82) is 0 Å². The van der Waals surface area contributed by atoms with Gasteiger partial charge in [0.25, 0.3) is 0 Å². The van der Waals surface area contributed by atoms with Crippen molar-refractivity contribution in [1.82, 2.24) is 0 Å². The third-order valence-electron chi connectivity index (χ3n) is 6.55. The Balaban J connectivity index is 1.58. The van der Waals surface area contributed by atoms with Gasteiger partial charge in [0, 0.05) is 33.4 Å². The molecule has 0 fully saturated rings. The average Bonchev–Trinajstić information content (AvgIpc) is 2.95. The lowest BCUT2D eigenvalue weighted by molar-refractivity contribution is 0.0989. The minimum atomic E-state index is -0.600. The standard InChI is InChI=1S/C32H28N2O4/c33-31(37)27-19-9-17-25(29(35)21-11-3-1-4-12-21)23(27)15-7-8-16-24-26(18-10-20-28(24)32(34)38)30(36)22-13-5-2-6-14-22/h1-6,9-14,17-20H,7-8,15-16H2,(H2,33,37)(H2,34,38). The van der Waals surface area contributed by atoms with Crippen LogP contribution in [0.2, 0.25) is 0 Å². The van der Waals surface area contributed by atoms with E-state index in [9.17, 15) is 19.2 Å². The van der Waals surface area contributed by atoms with Gasteiger partial charge in [-0.2, -0.15) is 0 Å². The molecule has 0 bridgehead atoms. The molecular weight excluding hydrogens is 476 g/mol. The molecule has 2 amide bonds. The van der Waals surface area contributed by atoms with Crippen molar-refractivity contribution in [3.8, 4) is 0 Å². The van der Waals surface area contributed by atoms with Gasteiger partial charge in [0.15, 0.2) is 11.6 Å². The fourth-order valence-corrected chi connectivity index (χ4v) is 4.69. The quantitative estimate of drug-likeness (QED) is 0.223. The number of carbonyl (C=O) groups excluding carboxylic acids is 4. The average molecular weight is 505 g/mol. The van der Waals surface area contributed by atoms with E-state index >= 15 is 0 Å². The molecule has 0 saturated carbocycles. The lowest BCUT2D eigenvalue weighted by atomic mass is 9.89. The van der Waals surface area contributed by atoms with Gasteiger partial charge < -0.3 is 11.5 Å². The molecule has 4 aromatic rings. The molecule has 0 unspecified atom stereocenters. The van der Waals surface area contributed by atoms with E-state index in [2.05, 4.69) is 0 Å². The highest BCUT2D eigenvalue weighted by Crippen LogP contribution is 2.24. The second kappa shape index (κ2) is 11.9. The monoisotopic (exact) mass is 504 g/mol. The van der Waals surface area contributed by atoms with Crippen LogP contribution in [0.15, 0.2) is 97.1 Å². The molecule has 0 aromatic heterocycles. The van der Waals surface area contributed by atoms with Gasteiger partial charge >= 0.3 is 0 Å². The van der Waals surface area contributed by atoms with Crippen LogP contribution in [-0.2, 0) is 12.8 Å². The number of rotatable bonds is 11. The summed E-state index contributed by atoms with van der Waals surface area (Å²) in [4.78, 5) is 50.8. The minimum Gasteiger partial charge on any atom is -0.366 e. The van der Waals surface area contributed by atoms with Gasteiger partial charge in [0.1, 0.15) is 0 Å². The summed E-state index contributed by atoms with van der Waals surface area (Å²) in [6.45, 7) is 0. The SMILES string of the molecule is NC(=O)c1cccc(C(=O)c2ccccc2)c1CCCCc1c(C(N)=O)cccc1C(=O)c1ccccc1. The van der Waals surface area contributed by atoms with Crippen LogP contribution in [0, 0.1) is 0 Å². The second-order valence-electron chi connectivity index (χ2n) is 8.99. The van der Waals surface area contributed by atoms with E-state index < -0.39 is 11.8 Å². The maximum Gasteiger partial charge on any atom is 0.249 e. The first-order valence-electron chi connectivity index (χ1n) is 12.4. The molecule has 0 aliphatic rings. The number of benzene rings is 4. The van der Waals surface area contributed by atoms with Gasteiger partial charge in [-0.1, -0.05) is 84.9 Å². The largest absolute Gasteiger partial charge is 0.366 e. The first-order valence-corrected chi connectivity index (χ1v) is 12.4. The zero-order valence-electron chi connectivity index (χ0n) is 20.9. The van der Waals surface area contributed by atoms with E-state index in [1.165, 1.54) is 0 Å². The van der Waals surface area contributed by atoms with Crippen molar-refractivity contribution in [3.05, 3.63) is 142 Å². The lowest BCUT2D eigenvalue weighted by Gasteiger charge is -2.15. The van der Waals surface area contributed by atoms with E-state index in [1.807, 2.05) is 12.1 Å². The summed E-state index contributed by atoms with van der Waals surface area (Å²) < 4.78 is 0. The maximum atomic E-state index is 13.2. The Morgan fingerprint density at radius 3 is 1.13 bits per heavy atom. The van der Waals surface area contributed by atoms with Crippen LogP contribution in [0.4, 0.5) is 0 Å². The second-order valence-corrected chi connectivity index (χ2v) is 8.99. The summed E-state index contributed by atoms with van der Waals surface area (Å²) in [6, 6.07) is 27.7. The molecule has 4 aromatic carbocycles. The molecular formula is C32H28N2O4. The van der Waals surface area contributed by atoms with Crippen LogP contribution in [0.25, 0.3) is 0 Å². The highest BCUT2D eigenvalue weighted by molar-refractivity contribution is 6.12. The van der Waals surface area contributed by atoms with Gasteiger partial charge in [0.2, 0.25) is 11.8 Å². The fourth-order valence-electron chi connectivity index (χ4n) is 4.69. The number of primary amides is 2. The van der Waals surface area contributed by atoms with Crippen molar-refractivity contribution in [2.45, 2.75) is 25.7 Å².